The average Bonchev–Trinajstić information content (AvgIpc) is 3.07. The summed E-state index contributed by atoms with van der Waals surface area (Å²) in [6, 6.07) is -0.438. The molecule has 0 radical (unpaired) electrons. The SMILES string of the molecule is CC(C)(C)CC(=O)N1CSCC1C(=O)N1C[C@H](C(=O)O)[C@@H](C2CC2)C1. The summed E-state index contributed by atoms with van der Waals surface area (Å²) in [5.41, 5.74) is -0.114. The molecule has 1 saturated carbocycles. The predicted octanol–water partition coefficient (Wildman–Crippen LogP) is 1.89. The highest BCUT2D eigenvalue weighted by Gasteiger charge is 2.49. The highest BCUT2D eigenvalue weighted by molar-refractivity contribution is 7.99. The molecule has 0 aromatic carbocycles. The van der Waals surface area contributed by atoms with Gasteiger partial charge in [-0.3, -0.25) is 14.4 Å². The molecule has 0 bridgehead atoms. The van der Waals surface area contributed by atoms with Gasteiger partial charge in [-0.25, -0.2) is 0 Å². The quantitative estimate of drug-likeness (QED) is 0.820. The van der Waals surface area contributed by atoms with E-state index < -0.39 is 17.9 Å². The summed E-state index contributed by atoms with van der Waals surface area (Å²) in [5, 5.41) is 9.49. The van der Waals surface area contributed by atoms with Crippen molar-refractivity contribution >= 4 is 29.5 Å². The summed E-state index contributed by atoms with van der Waals surface area (Å²) < 4.78 is 0. The van der Waals surface area contributed by atoms with Gasteiger partial charge in [-0.2, -0.15) is 0 Å². The maximum Gasteiger partial charge on any atom is 0.308 e. The van der Waals surface area contributed by atoms with Crippen LogP contribution in [0.25, 0.3) is 0 Å². The van der Waals surface area contributed by atoms with Crippen molar-refractivity contribution in [1.29, 1.82) is 0 Å². The number of nitrogens with zero attached hydrogens (tertiary/aromatic N) is 2. The number of carbonyl (C=O) groups excluding carboxylic acids is 2. The fourth-order valence-corrected chi connectivity index (χ4v) is 5.10. The van der Waals surface area contributed by atoms with Crippen LogP contribution in [0.3, 0.4) is 0 Å². The number of rotatable bonds is 4. The van der Waals surface area contributed by atoms with E-state index in [0.717, 1.165) is 12.8 Å². The van der Waals surface area contributed by atoms with Crippen molar-refractivity contribution < 1.29 is 19.5 Å². The molecule has 7 heteroatoms. The van der Waals surface area contributed by atoms with Crippen molar-refractivity contribution in [3.63, 3.8) is 0 Å². The number of carboxylic acid groups (broad SMARTS) is 1. The van der Waals surface area contributed by atoms with Crippen LogP contribution in [-0.2, 0) is 14.4 Å². The Bertz CT molecular complexity index is 570. The summed E-state index contributed by atoms with van der Waals surface area (Å²) in [7, 11) is 0. The van der Waals surface area contributed by atoms with E-state index in [1.807, 2.05) is 20.8 Å². The Kier molecular flexibility index (Phi) is 5.06. The van der Waals surface area contributed by atoms with E-state index in [9.17, 15) is 19.5 Å². The van der Waals surface area contributed by atoms with Gasteiger partial charge in [0.05, 0.1) is 11.8 Å². The van der Waals surface area contributed by atoms with Crippen LogP contribution < -0.4 is 0 Å². The van der Waals surface area contributed by atoms with Crippen molar-refractivity contribution in [3.8, 4) is 0 Å². The first-order valence-electron chi connectivity index (χ1n) is 9.06. The molecule has 0 aromatic rings. The molecule has 3 rings (SSSR count). The smallest absolute Gasteiger partial charge is 0.308 e. The normalized spacial score (nSPS) is 30.0. The van der Waals surface area contributed by atoms with Crippen LogP contribution in [0.15, 0.2) is 0 Å². The number of carboxylic acids is 1. The van der Waals surface area contributed by atoms with Crippen molar-refractivity contribution in [2.24, 2.45) is 23.2 Å². The summed E-state index contributed by atoms with van der Waals surface area (Å²) in [4.78, 5) is 40.6. The molecule has 2 aliphatic heterocycles. The molecule has 140 valence electrons. The Morgan fingerprint density at radius 1 is 1.16 bits per heavy atom. The van der Waals surface area contributed by atoms with Crippen LogP contribution >= 0.6 is 11.8 Å². The van der Waals surface area contributed by atoms with Gasteiger partial charge in [-0.15, -0.1) is 11.8 Å². The lowest BCUT2D eigenvalue weighted by molar-refractivity contribution is -0.145. The number of carbonyl (C=O) groups is 3. The van der Waals surface area contributed by atoms with E-state index in [1.54, 1.807) is 21.6 Å². The molecule has 0 aromatic heterocycles. The Labute approximate surface area is 153 Å². The molecule has 2 amide bonds. The average molecular weight is 368 g/mol. The van der Waals surface area contributed by atoms with E-state index in [4.69, 9.17) is 0 Å². The largest absolute Gasteiger partial charge is 0.481 e. The first-order chi connectivity index (χ1) is 11.7. The lowest BCUT2D eigenvalue weighted by Crippen LogP contribution is -2.49. The zero-order valence-corrected chi connectivity index (χ0v) is 16.1. The van der Waals surface area contributed by atoms with Gasteiger partial charge in [0.25, 0.3) is 0 Å². The van der Waals surface area contributed by atoms with Crippen molar-refractivity contribution in [2.45, 2.75) is 46.1 Å². The second kappa shape index (κ2) is 6.82. The van der Waals surface area contributed by atoms with Gasteiger partial charge in [-0.05, 0) is 30.1 Å². The molecule has 3 aliphatic rings. The second-order valence-electron chi connectivity index (χ2n) is 8.81. The molecule has 25 heavy (non-hydrogen) atoms. The molecule has 1 aliphatic carbocycles. The highest BCUT2D eigenvalue weighted by Crippen LogP contribution is 2.44. The van der Waals surface area contributed by atoms with Gasteiger partial charge in [0.1, 0.15) is 6.04 Å². The Hall–Kier alpha value is -1.24. The predicted molar refractivity (Wildman–Crippen MR) is 96.0 cm³/mol. The van der Waals surface area contributed by atoms with Crippen molar-refractivity contribution in [3.05, 3.63) is 0 Å². The fourth-order valence-electron chi connectivity index (χ4n) is 3.93. The number of amides is 2. The number of aliphatic carboxylic acids is 1. The zero-order valence-electron chi connectivity index (χ0n) is 15.2. The van der Waals surface area contributed by atoms with Gasteiger partial charge in [-0.1, -0.05) is 20.8 Å². The van der Waals surface area contributed by atoms with Crippen LogP contribution in [0, 0.1) is 23.2 Å². The topological polar surface area (TPSA) is 77.9 Å². The molecule has 2 heterocycles. The minimum atomic E-state index is -0.798. The molecule has 3 fully saturated rings. The van der Waals surface area contributed by atoms with Gasteiger partial charge >= 0.3 is 5.97 Å². The number of hydrogen-bond acceptors (Lipinski definition) is 4. The summed E-state index contributed by atoms with van der Waals surface area (Å²) in [5.74, 6) is 0.387. The van der Waals surface area contributed by atoms with Crippen LogP contribution in [0.1, 0.15) is 40.0 Å². The third-order valence-electron chi connectivity index (χ3n) is 5.39. The molecule has 3 atom stereocenters. The standard InChI is InChI=1S/C18H28N2O4S/c1-18(2,3)6-15(21)20-10-25-9-14(20)16(22)19-7-12(11-4-5-11)13(8-19)17(23)24/h11-14H,4-10H2,1-3H3,(H,23,24)/t12-,13+,14?/m1/s1. The summed E-state index contributed by atoms with van der Waals surface area (Å²) in [6.07, 6.45) is 2.57. The summed E-state index contributed by atoms with van der Waals surface area (Å²) in [6.45, 7) is 6.87. The van der Waals surface area contributed by atoms with Crippen molar-refractivity contribution in [2.75, 3.05) is 24.7 Å². The number of hydrogen-bond donors (Lipinski definition) is 1. The van der Waals surface area contributed by atoms with E-state index in [0.29, 0.717) is 30.5 Å². The van der Waals surface area contributed by atoms with Crippen molar-refractivity contribution in [1.82, 2.24) is 9.80 Å². The lowest BCUT2D eigenvalue weighted by atomic mass is 9.91. The van der Waals surface area contributed by atoms with E-state index in [-0.39, 0.29) is 29.7 Å². The maximum absolute atomic E-state index is 13.0. The second-order valence-corrected chi connectivity index (χ2v) is 9.81. The molecule has 2 saturated heterocycles. The lowest BCUT2D eigenvalue weighted by Gasteiger charge is -2.29. The third-order valence-corrected chi connectivity index (χ3v) is 6.40. The van der Waals surface area contributed by atoms with Crippen LogP contribution in [-0.4, -0.2) is 63.5 Å². The molecular weight excluding hydrogens is 340 g/mol. The fraction of sp³-hybridized carbons (Fsp3) is 0.833. The Morgan fingerprint density at radius 2 is 1.84 bits per heavy atom. The Morgan fingerprint density at radius 3 is 2.40 bits per heavy atom. The summed E-state index contributed by atoms with van der Waals surface area (Å²) >= 11 is 1.60. The van der Waals surface area contributed by atoms with Gasteiger partial charge in [0.2, 0.25) is 11.8 Å². The molecule has 0 spiro atoms. The molecular formula is C18H28N2O4S. The highest BCUT2D eigenvalue weighted by atomic mass is 32.2. The van der Waals surface area contributed by atoms with E-state index >= 15 is 0 Å². The van der Waals surface area contributed by atoms with Crippen LogP contribution in [0.5, 0.6) is 0 Å². The van der Waals surface area contributed by atoms with Crippen LogP contribution in [0.4, 0.5) is 0 Å². The maximum atomic E-state index is 13.0. The molecule has 1 N–H and O–H groups in total. The first kappa shape index (κ1) is 18.5. The van der Waals surface area contributed by atoms with Gasteiger partial charge in [0, 0.05) is 25.3 Å². The number of likely N-dealkylation sites (tertiary alicyclic amines) is 1. The van der Waals surface area contributed by atoms with Gasteiger partial charge in [0.15, 0.2) is 0 Å². The minimum Gasteiger partial charge on any atom is -0.481 e. The monoisotopic (exact) mass is 368 g/mol. The Balaban J connectivity index is 1.67. The minimum absolute atomic E-state index is 0.0172. The van der Waals surface area contributed by atoms with Gasteiger partial charge < -0.3 is 14.9 Å². The third kappa shape index (κ3) is 4.13. The van der Waals surface area contributed by atoms with Crippen LogP contribution in [0.2, 0.25) is 0 Å². The van der Waals surface area contributed by atoms with E-state index in [1.165, 1.54) is 0 Å². The molecule has 6 nitrogen and oxygen atoms in total. The zero-order chi connectivity index (χ0) is 18.4. The van der Waals surface area contributed by atoms with E-state index in [2.05, 4.69) is 0 Å². The molecule has 1 unspecified atom stereocenters. The number of thioether (sulfide) groups is 1. The first-order valence-corrected chi connectivity index (χ1v) is 10.2.